The van der Waals surface area contributed by atoms with E-state index in [-0.39, 0.29) is 22.7 Å². The van der Waals surface area contributed by atoms with E-state index in [0.717, 1.165) is 29.9 Å². The summed E-state index contributed by atoms with van der Waals surface area (Å²) < 4.78 is 16.7. The van der Waals surface area contributed by atoms with Crippen LogP contribution in [0.25, 0.3) is 0 Å². The number of hydrogen-bond acceptors (Lipinski definition) is 5. The van der Waals surface area contributed by atoms with Gasteiger partial charge >= 0.3 is 5.97 Å². The molecule has 0 spiro atoms. The zero-order chi connectivity index (χ0) is 19.9. The molecule has 5 heteroatoms. The Morgan fingerprint density at radius 2 is 2.21 bits per heavy atom. The summed E-state index contributed by atoms with van der Waals surface area (Å²) in [5, 5.41) is 0. The third-order valence-electron chi connectivity index (χ3n) is 5.73. The van der Waals surface area contributed by atoms with Gasteiger partial charge in [-0.2, -0.15) is 12.6 Å². The lowest BCUT2D eigenvalue weighted by Gasteiger charge is -2.20. The van der Waals surface area contributed by atoms with E-state index < -0.39 is 0 Å². The van der Waals surface area contributed by atoms with Gasteiger partial charge in [-0.15, -0.1) is 0 Å². The molecule has 28 heavy (non-hydrogen) atoms. The maximum Gasteiger partial charge on any atom is 0.306 e. The van der Waals surface area contributed by atoms with E-state index in [1.807, 2.05) is 18.2 Å². The molecule has 1 unspecified atom stereocenters. The molecule has 0 aromatic heterocycles. The summed E-state index contributed by atoms with van der Waals surface area (Å²) in [6, 6.07) is 5.92. The van der Waals surface area contributed by atoms with Gasteiger partial charge in [0.25, 0.3) is 0 Å². The van der Waals surface area contributed by atoms with Crippen molar-refractivity contribution in [3.05, 3.63) is 58.7 Å². The molecule has 0 N–H and O–H groups in total. The van der Waals surface area contributed by atoms with Crippen molar-refractivity contribution in [2.24, 2.45) is 0 Å². The summed E-state index contributed by atoms with van der Waals surface area (Å²) >= 11 is 4.77. The van der Waals surface area contributed by atoms with E-state index in [1.165, 1.54) is 23.8 Å². The quantitative estimate of drug-likeness (QED) is 0.586. The second-order valence-corrected chi connectivity index (χ2v) is 8.92. The molecule has 1 saturated carbocycles. The summed E-state index contributed by atoms with van der Waals surface area (Å²) in [5.74, 6) is 1.42. The van der Waals surface area contributed by atoms with Crippen molar-refractivity contribution in [1.29, 1.82) is 0 Å². The second-order valence-electron chi connectivity index (χ2n) is 7.95. The van der Waals surface area contributed by atoms with Gasteiger partial charge in [0.2, 0.25) is 0 Å². The Morgan fingerprint density at radius 3 is 3.00 bits per heavy atom. The molecule has 1 aliphatic heterocycles. The molecule has 4 rings (SSSR count). The van der Waals surface area contributed by atoms with Gasteiger partial charge < -0.3 is 14.2 Å². The number of carbonyl (C=O) groups excluding carboxylic acids is 1. The Morgan fingerprint density at radius 1 is 1.39 bits per heavy atom. The molecular formula is C23H26O4S. The van der Waals surface area contributed by atoms with Gasteiger partial charge in [-0.1, -0.05) is 24.3 Å². The lowest BCUT2D eigenvalue weighted by molar-refractivity contribution is -0.141. The average Bonchev–Trinajstić information content (AvgIpc) is 3.20. The minimum atomic E-state index is -0.285. The standard InChI is InChI=1S/C23H26O4S/c1-14-8-9-23(2,28)12-19-17(14)6-7-20(19)27-16-4-5-18-15(10-22(24)25-3)13-26-21(18)11-16/h4-5,8-9,11-12,15,20,28H,6-7,10,13H2,1-3H3/t15-,20-,23?/m1/s1. The molecule has 1 fully saturated rings. The van der Waals surface area contributed by atoms with Crippen molar-refractivity contribution in [3.8, 4) is 11.5 Å². The summed E-state index contributed by atoms with van der Waals surface area (Å²) in [6.07, 6.45) is 8.83. The summed E-state index contributed by atoms with van der Waals surface area (Å²) in [5.41, 5.74) is 4.94. The monoisotopic (exact) mass is 398 g/mol. The third kappa shape index (κ3) is 3.72. The second kappa shape index (κ2) is 7.36. The van der Waals surface area contributed by atoms with E-state index in [1.54, 1.807) is 0 Å². The van der Waals surface area contributed by atoms with Gasteiger partial charge in [0.15, 0.2) is 0 Å². The fourth-order valence-corrected chi connectivity index (χ4v) is 4.42. The third-order valence-corrected chi connectivity index (χ3v) is 6.01. The van der Waals surface area contributed by atoms with Gasteiger partial charge in [0, 0.05) is 22.3 Å². The number of ether oxygens (including phenoxy) is 3. The van der Waals surface area contributed by atoms with Crippen LogP contribution in [0.15, 0.2) is 53.1 Å². The maximum atomic E-state index is 11.6. The smallest absolute Gasteiger partial charge is 0.306 e. The SMILES string of the molecule is COC(=O)C[C@@H]1COc2cc(O[C@@H]3CCC4=C(C)C=CC(C)(S)C=C43)ccc21. The number of thiol groups is 1. The highest BCUT2D eigenvalue weighted by atomic mass is 32.1. The van der Waals surface area contributed by atoms with Crippen molar-refractivity contribution >= 4 is 18.6 Å². The number of rotatable bonds is 4. The Kier molecular flexibility index (Phi) is 5.04. The van der Waals surface area contributed by atoms with Crippen LogP contribution in [0.4, 0.5) is 0 Å². The lowest BCUT2D eigenvalue weighted by atomic mass is 9.98. The number of carbonyl (C=O) groups is 1. The molecule has 3 aliphatic rings. The molecule has 0 amide bonds. The topological polar surface area (TPSA) is 44.8 Å². The molecule has 3 atom stereocenters. The zero-order valence-electron chi connectivity index (χ0n) is 16.5. The van der Waals surface area contributed by atoms with Crippen LogP contribution >= 0.6 is 12.6 Å². The van der Waals surface area contributed by atoms with Crippen molar-refractivity contribution in [1.82, 2.24) is 0 Å². The molecule has 1 aromatic carbocycles. The first-order chi connectivity index (χ1) is 13.4. The van der Waals surface area contributed by atoms with Crippen molar-refractivity contribution < 1.29 is 19.0 Å². The van der Waals surface area contributed by atoms with E-state index in [9.17, 15) is 4.79 Å². The maximum absolute atomic E-state index is 11.6. The van der Waals surface area contributed by atoms with Gasteiger partial charge in [-0.3, -0.25) is 4.79 Å². The Balaban J connectivity index is 1.54. The van der Waals surface area contributed by atoms with E-state index in [4.69, 9.17) is 26.8 Å². The molecule has 1 heterocycles. The first kappa shape index (κ1) is 19.2. The molecule has 0 saturated heterocycles. The molecule has 2 aliphatic carbocycles. The highest BCUT2D eigenvalue weighted by Gasteiger charge is 2.33. The van der Waals surface area contributed by atoms with Crippen LogP contribution in [0.5, 0.6) is 11.5 Å². The molecule has 0 radical (unpaired) electrons. The van der Waals surface area contributed by atoms with E-state index in [2.05, 4.69) is 32.1 Å². The lowest BCUT2D eigenvalue weighted by Crippen LogP contribution is -2.18. The van der Waals surface area contributed by atoms with Gasteiger partial charge in [-0.05, 0) is 49.5 Å². The predicted molar refractivity (Wildman–Crippen MR) is 112 cm³/mol. The molecular weight excluding hydrogens is 372 g/mol. The average molecular weight is 399 g/mol. The zero-order valence-corrected chi connectivity index (χ0v) is 17.4. The van der Waals surface area contributed by atoms with E-state index >= 15 is 0 Å². The number of methoxy groups -OCH3 is 1. The van der Waals surface area contributed by atoms with Crippen LogP contribution < -0.4 is 9.47 Å². The molecule has 148 valence electrons. The minimum absolute atomic E-state index is 0.0154. The number of allylic oxidation sites excluding steroid dienone is 2. The minimum Gasteiger partial charge on any atom is -0.492 e. The van der Waals surface area contributed by atoms with Crippen LogP contribution in [0.2, 0.25) is 0 Å². The fraction of sp³-hybridized carbons (Fsp3) is 0.435. The number of hydrogen-bond donors (Lipinski definition) is 1. The van der Waals surface area contributed by atoms with Crippen LogP contribution in [0.1, 0.15) is 44.6 Å². The van der Waals surface area contributed by atoms with Crippen LogP contribution in [0, 0.1) is 0 Å². The van der Waals surface area contributed by atoms with Gasteiger partial charge in [-0.25, -0.2) is 0 Å². The highest BCUT2D eigenvalue weighted by Crippen LogP contribution is 2.42. The Labute approximate surface area is 171 Å². The summed E-state index contributed by atoms with van der Waals surface area (Å²) in [6.45, 7) is 4.75. The van der Waals surface area contributed by atoms with Crippen LogP contribution in [0.3, 0.4) is 0 Å². The largest absolute Gasteiger partial charge is 0.492 e. The first-order valence-corrected chi connectivity index (χ1v) is 10.2. The van der Waals surface area contributed by atoms with Gasteiger partial charge in [0.1, 0.15) is 17.6 Å². The van der Waals surface area contributed by atoms with Gasteiger partial charge in [0.05, 0.1) is 20.1 Å². The number of esters is 1. The first-order valence-electron chi connectivity index (χ1n) is 9.71. The van der Waals surface area contributed by atoms with Crippen molar-refractivity contribution in [3.63, 3.8) is 0 Å². The van der Waals surface area contributed by atoms with E-state index in [0.29, 0.717) is 13.0 Å². The molecule has 4 nitrogen and oxygen atoms in total. The summed E-state index contributed by atoms with van der Waals surface area (Å²) in [4.78, 5) is 11.6. The Bertz CT molecular complexity index is 894. The normalized spacial score (nSPS) is 28.2. The highest BCUT2D eigenvalue weighted by molar-refractivity contribution is 7.82. The van der Waals surface area contributed by atoms with Crippen LogP contribution in [-0.4, -0.2) is 30.5 Å². The van der Waals surface area contributed by atoms with Crippen LogP contribution in [-0.2, 0) is 9.53 Å². The molecule has 0 bridgehead atoms. The number of benzene rings is 1. The Hall–Kier alpha value is -2.14. The summed E-state index contributed by atoms with van der Waals surface area (Å²) in [7, 11) is 1.41. The number of fused-ring (bicyclic) bond motifs is 2. The van der Waals surface area contributed by atoms with Crippen molar-refractivity contribution in [2.75, 3.05) is 13.7 Å². The van der Waals surface area contributed by atoms with Crippen molar-refractivity contribution in [2.45, 2.75) is 49.9 Å². The molecule has 1 aromatic rings. The fourth-order valence-electron chi connectivity index (χ4n) is 4.20. The predicted octanol–water partition coefficient (Wildman–Crippen LogP) is 4.77.